The summed E-state index contributed by atoms with van der Waals surface area (Å²) in [7, 11) is -0.903. The van der Waals surface area contributed by atoms with Gasteiger partial charge in [-0.3, -0.25) is 4.31 Å². The van der Waals surface area contributed by atoms with Crippen LogP contribution in [-0.2, 0) is 10.0 Å². The first kappa shape index (κ1) is 22.4. The minimum atomic E-state index is -3.84. The van der Waals surface area contributed by atoms with E-state index in [1.165, 1.54) is 38.4 Å². The van der Waals surface area contributed by atoms with Gasteiger partial charge >= 0.3 is 5.97 Å². The van der Waals surface area contributed by atoms with Crippen LogP contribution in [0.4, 0.5) is 5.69 Å². The van der Waals surface area contributed by atoms with Crippen LogP contribution in [0.25, 0.3) is 0 Å². The summed E-state index contributed by atoms with van der Waals surface area (Å²) in [6, 6.07) is 16.4. The van der Waals surface area contributed by atoms with Crippen LogP contribution in [0, 0.1) is 20.8 Å². The van der Waals surface area contributed by atoms with E-state index < -0.39 is 16.0 Å². The summed E-state index contributed by atoms with van der Waals surface area (Å²) >= 11 is 0. The van der Waals surface area contributed by atoms with E-state index in [9.17, 15) is 13.2 Å². The van der Waals surface area contributed by atoms with Gasteiger partial charge in [-0.05, 0) is 73.9 Å². The van der Waals surface area contributed by atoms with Crippen LogP contribution < -0.4 is 13.8 Å². The summed E-state index contributed by atoms with van der Waals surface area (Å²) < 4.78 is 38.1. The van der Waals surface area contributed by atoms with Crippen LogP contribution in [0.5, 0.6) is 11.5 Å². The van der Waals surface area contributed by atoms with Gasteiger partial charge in [0.05, 0.1) is 23.3 Å². The summed E-state index contributed by atoms with van der Waals surface area (Å²) in [5, 5.41) is 0. The topological polar surface area (TPSA) is 72.9 Å². The smallest absolute Gasteiger partial charge is 0.343 e. The lowest BCUT2D eigenvalue weighted by atomic mass is 10.1. The number of hydrogen-bond donors (Lipinski definition) is 0. The van der Waals surface area contributed by atoms with E-state index in [-0.39, 0.29) is 10.5 Å². The molecule has 0 bridgehead atoms. The van der Waals surface area contributed by atoms with Crippen molar-refractivity contribution in [2.75, 3.05) is 18.5 Å². The number of aryl methyl sites for hydroxylation is 2. The predicted octanol–water partition coefficient (Wildman–Crippen LogP) is 4.66. The van der Waals surface area contributed by atoms with Gasteiger partial charge in [-0.25, -0.2) is 13.2 Å². The highest BCUT2D eigenvalue weighted by atomic mass is 32.2. The number of hydrogen-bond acceptors (Lipinski definition) is 5. The fourth-order valence-electron chi connectivity index (χ4n) is 3.17. The maximum atomic E-state index is 13.1. The molecule has 0 saturated heterocycles. The molecule has 0 heterocycles. The molecule has 0 aliphatic carbocycles. The second kappa shape index (κ2) is 8.81. The number of para-hydroxylation sites is 2. The van der Waals surface area contributed by atoms with E-state index in [1.54, 1.807) is 24.3 Å². The summed E-state index contributed by atoms with van der Waals surface area (Å²) in [4.78, 5) is 12.7. The van der Waals surface area contributed by atoms with Gasteiger partial charge < -0.3 is 9.47 Å². The summed E-state index contributed by atoms with van der Waals surface area (Å²) in [5.41, 5.74) is 3.45. The highest BCUT2D eigenvalue weighted by molar-refractivity contribution is 7.92. The monoisotopic (exact) mass is 439 g/mol. The molecule has 0 fully saturated rings. The zero-order chi connectivity index (χ0) is 22.8. The molecule has 0 atom stereocenters. The third kappa shape index (κ3) is 4.41. The third-order valence-corrected chi connectivity index (χ3v) is 7.03. The van der Waals surface area contributed by atoms with Crippen LogP contribution >= 0.6 is 0 Å². The zero-order valence-corrected chi connectivity index (χ0v) is 19.0. The minimum absolute atomic E-state index is 0.0559. The molecule has 6 nitrogen and oxygen atoms in total. The number of carbonyl (C=O) groups excluding carboxylic acids is 1. The highest BCUT2D eigenvalue weighted by Crippen LogP contribution is 2.31. The lowest BCUT2D eigenvalue weighted by Crippen LogP contribution is -2.27. The molecule has 3 rings (SSSR count). The van der Waals surface area contributed by atoms with Gasteiger partial charge in [0.15, 0.2) is 0 Å². The van der Waals surface area contributed by atoms with Crippen molar-refractivity contribution in [2.24, 2.45) is 0 Å². The number of sulfonamides is 1. The van der Waals surface area contributed by atoms with Crippen molar-refractivity contribution in [3.8, 4) is 11.5 Å². The van der Waals surface area contributed by atoms with Crippen LogP contribution in [0.2, 0.25) is 0 Å². The first-order valence-electron chi connectivity index (χ1n) is 9.67. The molecule has 0 aromatic heterocycles. The first-order chi connectivity index (χ1) is 14.7. The van der Waals surface area contributed by atoms with Crippen LogP contribution in [0.15, 0.2) is 65.6 Å². The molecule has 0 aliphatic heterocycles. The molecule has 0 N–H and O–H groups in total. The fourth-order valence-corrected chi connectivity index (χ4v) is 4.38. The van der Waals surface area contributed by atoms with E-state index in [0.717, 1.165) is 21.0 Å². The second-order valence-electron chi connectivity index (χ2n) is 7.21. The van der Waals surface area contributed by atoms with E-state index >= 15 is 0 Å². The van der Waals surface area contributed by atoms with Gasteiger partial charge in [-0.1, -0.05) is 24.3 Å². The number of ether oxygens (including phenoxy) is 2. The first-order valence-corrected chi connectivity index (χ1v) is 11.1. The molecule has 0 unspecified atom stereocenters. The molecule has 0 saturated carbocycles. The molecule has 0 spiro atoms. The largest absolute Gasteiger partial charge is 0.495 e. The molecule has 3 aromatic carbocycles. The average molecular weight is 440 g/mol. The maximum absolute atomic E-state index is 13.1. The minimum Gasteiger partial charge on any atom is -0.495 e. The summed E-state index contributed by atoms with van der Waals surface area (Å²) in [6.45, 7) is 5.72. The Hall–Kier alpha value is -3.32. The number of nitrogens with zero attached hydrogens (tertiary/aromatic N) is 1. The summed E-state index contributed by atoms with van der Waals surface area (Å²) in [5.74, 6) is 0.425. The fraction of sp³-hybridized carbons (Fsp3) is 0.208. The van der Waals surface area contributed by atoms with Crippen LogP contribution in [-0.4, -0.2) is 28.5 Å². The Bertz CT molecular complexity index is 1220. The van der Waals surface area contributed by atoms with Gasteiger partial charge in [-0.15, -0.1) is 0 Å². The normalized spacial score (nSPS) is 11.1. The van der Waals surface area contributed by atoms with E-state index in [1.807, 2.05) is 32.9 Å². The molecule has 7 heteroatoms. The number of rotatable bonds is 6. The van der Waals surface area contributed by atoms with Crippen molar-refractivity contribution in [1.29, 1.82) is 0 Å². The van der Waals surface area contributed by atoms with Gasteiger partial charge in [0.1, 0.15) is 11.5 Å². The van der Waals surface area contributed by atoms with Crippen molar-refractivity contribution in [2.45, 2.75) is 25.7 Å². The molecule has 31 heavy (non-hydrogen) atoms. The Morgan fingerprint density at radius 2 is 1.48 bits per heavy atom. The quantitative estimate of drug-likeness (QED) is 0.412. The van der Waals surface area contributed by atoms with Crippen molar-refractivity contribution in [3.05, 3.63) is 82.9 Å². The van der Waals surface area contributed by atoms with E-state index in [2.05, 4.69) is 0 Å². The van der Waals surface area contributed by atoms with Crippen molar-refractivity contribution >= 4 is 21.7 Å². The number of benzene rings is 3. The molecular weight excluding hydrogens is 414 g/mol. The Kier molecular flexibility index (Phi) is 6.36. The third-order valence-electron chi connectivity index (χ3n) is 5.24. The standard InChI is InChI=1S/C24H25NO5S/c1-16-10-11-17(2)23(18(16)3)30-24(26)19-12-14-20(15-13-19)31(27,28)25(4)21-8-6-7-9-22(21)29-5/h6-15H,1-5H3. The van der Waals surface area contributed by atoms with Gasteiger partial charge in [0.25, 0.3) is 10.0 Å². The molecule has 162 valence electrons. The van der Waals surface area contributed by atoms with Gasteiger partial charge in [0.2, 0.25) is 0 Å². The predicted molar refractivity (Wildman–Crippen MR) is 121 cm³/mol. The molecular formula is C24H25NO5S. The van der Waals surface area contributed by atoms with E-state index in [0.29, 0.717) is 17.2 Å². The molecule has 0 radical (unpaired) electrons. The van der Waals surface area contributed by atoms with Gasteiger partial charge in [-0.2, -0.15) is 0 Å². The van der Waals surface area contributed by atoms with Crippen molar-refractivity contribution in [3.63, 3.8) is 0 Å². The molecule has 3 aromatic rings. The second-order valence-corrected chi connectivity index (χ2v) is 9.18. The SMILES string of the molecule is COc1ccccc1N(C)S(=O)(=O)c1ccc(C(=O)Oc2c(C)ccc(C)c2C)cc1. The number of anilines is 1. The van der Waals surface area contributed by atoms with Crippen LogP contribution in [0.3, 0.4) is 0 Å². The Balaban J connectivity index is 1.85. The molecule has 0 aliphatic rings. The Labute approximate surface area is 183 Å². The summed E-state index contributed by atoms with van der Waals surface area (Å²) in [6.07, 6.45) is 0. The highest BCUT2D eigenvalue weighted by Gasteiger charge is 2.24. The van der Waals surface area contributed by atoms with E-state index in [4.69, 9.17) is 9.47 Å². The number of carbonyl (C=O) groups is 1. The van der Waals surface area contributed by atoms with Crippen molar-refractivity contribution < 1.29 is 22.7 Å². The average Bonchev–Trinajstić information content (AvgIpc) is 2.78. The Morgan fingerprint density at radius 1 is 0.871 bits per heavy atom. The number of methoxy groups -OCH3 is 1. The Morgan fingerprint density at radius 3 is 2.13 bits per heavy atom. The lowest BCUT2D eigenvalue weighted by Gasteiger charge is -2.21. The van der Waals surface area contributed by atoms with Crippen LogP contribution in [0.1, 0.15) is 27.0 Å². The zero-order valence-electron chi connectivity index (χ0n) is 18.2. The lowest BCUT2D eigenvalue weighted by molar-refractivity contribution is 0.0732. The number of esters is 1. The maximum Gasteiger partial charge on any atom is 0.343 e. The van der Waals surface area contributed by atoms with Crippen molar-refractivity contribution in [1.82, 2.24) is 0 Å². The molecule has 0 amide bonds. The van der Waals surface area contributed by atoms with Gasteiger partial charge in [0, 0.05) is 7.05 Å².